The summed E-state index contributed by atoms with van der Waals surface area (Å²) in [5.41, 5.74) is 10.5. The van der Waals surface area contributed by atoms with E-state index < -0.39 is 0 Å². The highest BCUT2D eigenvalue weighted by molar-refractivity contribution is 6.12. The third kappa shape index (κ3) is 4.69. The van der Waals surface area contributed by atoms with E-state index in [1.807, 2.05) is 61.4 Å². The van der Waals surface area contributed by atoms with Gasteiger partial charge in [-0.2, -0.15) is 0 Å². The predicted molar refractivity (Wildman–Crippen MR) is 180 cm³/mol. The highest BCUT2D eigenvalue weighted by Gasteiger charge is 2.20. The lowest BCUT2D eigenvalue weighted by Gasteiger charge is -2.19. The van der Waals surface area contributed by atoms with Crippen LogP contribution in [0, 0.1) is 0 Å². The average Bonchev–Trinajstić information content (AvgIpc) is 3.11. The van der Waals surface area contributed by atoms with Crippen LogP contribution in [-0.4, -0.2) is 19.9 Å². The maximum Gasteiger partial charge on any atom is 0.0715 e. The van der Waals surface area contributed by atoms with Crippen molar-refractivity contribution in [3.63, 3.8) is 0 Å². The van der Waals surface area contributed by atoms with Crippen molar-refractivity contribution in [1.29, 1.82) is 0 Å². The van der Waals surface area contributed by atoms with Gasteiger partial charge >= 0.3 is 0 Å². The summed E-state index contributed by atoms with van der Waals surface area (Å²) in [4.78, 5) is 18.4. The van der Waals surface area contributed by atoms with Gasteiger partial charge in [0.15, 0.2) is 0 Å². The largest absolute Gasteiger partial charge is 0.265 e. The molecule has 8 aromatic rings. The summed E-state index contributed by atoms with van der Waals surface area (Å²) in [5.74, 6) is 0. The number of nitrogens with zero attached hydrogens (tertiary/aromatic N) is 4. The minimum Gasteiger partial charge on any atom is -0.265 e. The molecule has 8 rings (SSSR count). The van der Waals surface area contributed by atoms with Crippen LogP contribution in [0.5, 0.6) is 0 Å². The standard InChI is InChI=1S/C40H26N4/c1-2-6-29(7-3-1)39-36(37-12-10-32(25-43-37)27-14-18-41-19-15-27)24-34-22-30-8-4-5-9-31(30)23-35(34)40(39)38-13-11-33(26-44-38)28-16-20-42-21-17-28/h1-26H. The Morgan fingerprint density at radius 1 is 0.364 bits per heavy atom. The summed E-state index contributed by atoms with van der Waals surface area (Å²) >= 11 is 0. The fraction of sp³-hybridized carbons (Fsp3) is 0. The van der Waals surface area contributed by atoms with Crippen LogP contribution in [-0.2, 0) is 0 Å². The van der Waals surface area contributed by atoms with E-state index >= 15 is 0 Å². The number of pyridine rings is 4. The predicted octanol–water partition coefficient (Wildman–Crippen LogP) is 9.91. The van der Waals surface area contributed by atoms with E-state index in [1.54, 1.807) is 0 Å². The third-order valence-electron chi connectivity index (χ3n) is 8.16. The van der Waals surface area contributed by atoms with Crippen molar-refractivity contribution >= 4 is 21.5 Å². The smallest absolute Gasteiger partial charge is 0.0715 e. The normalized spacial score (nSPS) is 11.2. The fourth-order valence-corrected chi connectivity index (χ4v) is 5.99. The summed E-state index contributed by atoms with van der Waals surface area (Å²) in [6, 6.07) is 42.5. The van der Waals surface area contributed by atoms with Gasteiger partial charge in [0.2, 0.25) is 0 Å². The van der Waals surface area contributed by atoms with E-state index in [4.69, 9.17) is 9.97 Å². The summed E-state index contributed by atoms with van der Waals surface area (Å²) in [7, 11) is 0. The Hall–Kier alpha value is -6.00. The summed E-state index contributed by atoms with van der Waals surface area (Å²) in [6.45, 7) is 0. The first-order valence-electron chi connectivity index (χ1n) is 14.6. The zero-order valence-electron chi connectivity index (χ0n) is 23.8. The van der Waals surface area contributed by atoms with Crippen LogP contribution in [0.3, 0.4) is 0 Å². The Kier molecular flexibility index (Phi) is 6.43. The molecule has 44 heavy (non-hydrogen) atoms. The molecule has 4 heteroatoms. The molecule has 0 aliphatic rings. The van der Waals surface area contributed by atoms with E-state index in [0.717, 1.165) is 66.7 Å². The molecule has 0 atom stereocenters. The van der Waals surface area contributed by atoms with Gasteiger partial charge in [0.25, 0.3) is 0 Å². The second-order valence-corrected chi connectivity index (χ2v) is 10.8. The van der Waals surface area contributed by atoms with Crippen molar-refractivity contribution in [1.82, 2.24) is 19.9 Å². The van der Waals surface area contributed by atoms with Gasteiger partial charge in [0.1, 0.15) is 0 Å². The molecule has 4 nitrogen and oxygen atoms in total. The lowest BCUT2D eigenvalue weighted by atomic mass is 9.85. The molecule has 0 bridgehead atoms. The maximum absolute atomic E-state index is 5.08. The molecule has 0 N–H and O–H groups in total. The molecule has 0 spiro atoms. The van der Waals surface area contributed by atoms with Crippen LogP contribution < -0.4 is 0 Å². The molecule has 4 aromatic carbocycles. The van der Waals surface area contributed by atoms with Gasteiger partial charge < -0.3 is 0 Å². The van der Waals surface area contributed by atoms with Crippen LogP contribution >= 0.6 is 0 Å². The molecule has 0 saturated heterocycles. The number of hydrogen-bond donors (Lipinski definition) is 0. The molecule has 0 radical (unpaired) electrons. The van der Waals surface area contributed by atoms with E-state index in [2.05, 4.69) is 107 Å². The number of fused-ring (bicyclic) bond motifs is 2. The summed E-state index contributed by atoms with van der Waals surface area (Å²) in [5, 5.41) is 4.70. The van der Waals surface area contributed by atoms with Crippen LogP contribution in [0.15, 0.2) is 159 Å². The van der Waals surface area contributed by atoms with Crippen molar-refractivity contribution < 1.29 is 0 Å². The van der Waals surface area contributed by atoms with Crippen molar-refractivity contribution in [2.45, 2.75) is 0 Å². The van der Waals surface area contributed by atoms with Gasteiger partial charge in [0.05, 0.1) is 11.4 Å². The summed E-state index contributed by atoms with van der Waals surface area (Å²) in [6.07, 6.45) is 11.1. The molecule has 206 valence electrons. The quantitative estimate of drug-likeness (QED) is 0.196. The Morgan fingerprint density at radius 3 is 1.52 bits per heavy atom. The minimum atomic E-state index is 0.909. The topological polar surface area (TPSA) is 51.6 Å². The van der Waals surface area contributed by atoms with Gasteiger partial charge in [-0.25, -0.2) is 0 Å². The second-order valence-electron chi connectivity index (χ2n) is 10.8. The molecule has 0 unspecified atom stereocenters. The Balaban J connectivity index is 1.41. The highest BCUT2D eigenvalue weighted by atomic mass is 14.7. The average molecular weight is 563 g/mol. The first-order chi connectivity index (χ1) is 21.8. The van der Waals surface area contributed by atoms with Gasteiger partial charge in [-0.1, -0.05) is 66.7 Å². The molecule has 0 fully saturated rings. The maximum atomic E-state index is 5.08. The lowest BCUT2D eigenvalue weighted by Crippen LogP contribution is -1.96. The second kappa shape index (κ2) is 11.0. The zero-order valence-corrected chi connectivity index (χ0v) is 23.8. The third-order valence-corrected chi connectivity index (χ3v) is 8.16. The lowest BCUT2D eigenvalue weighted by molar-refractivity contribution is 1.30. The minimum absolute atomic E-state index is 0.909. The molecule has 0 aliphatic carbocycles. The molecule has 0 aliphatic heterocycles. The molecular weight excluding hydrogens is 536 g/mol. The number of benzene rings is 4. The zero-order chi connectivity index (χ0) is 29.3. The van der Waals surface area contributed by atoms with E-state index in [-0.39, 0.29) is 0 Å². The molecule has 4 aromatic heterocycles. The fourth-order valence-electron chi connectivity index (χ4n) is 5.99. The van der Waals surface area contributed by atoms with Gasteiger partial charge in [-0.05, 0) is 92.8 Å². The molecule has 0 amide bonds. The molecular formula is C40H26N4. The Morgan fingerprint density at radius 2 is 0.932 bits per heavy atom. The first-order valence-corrected chi connectivity index (χ1v) is 14.6. The van der Waals surface area contributed by atoms with Crippen LogP contribution in [0.1, 0.15) is 0 Å². The van der Waals surface area contributed by atoms with Crippen LogP contribution in [0.4, 0.5) is 0 Å². The summed E-state index contributed by atoms with van der Waals surface area (Å²) < 4.78 is 0. The number of aromatic nitrogens is 4. The number of rotatable bonds is 5. The van der Waals surface area contributed by atoms with Crippen molar-refractivity contribution in [3.05, 3.63) is 159 Å². The van der Waals surface area contributed by atoms with Crippen molar-refractivity contribution in [3.8, 4) is 55.9 Å². The Labute approximate surface area is 255 Å². The SMILES string of the molecule is c1ccc(-c2c(-c3ccc(-c4ccncc4)cn3)cc3cc4ccccc4cc3c2-c2ccc(-c3ccncc3)cn2)cc1. The molecule has 4 heterocycles. The van der Waals surface area contributed by atoms with Crippen molar-refractivity contribution in [2.75, 3.05) is 0 Å². The van der Waals surface area contributed by atoms with Gasteiger partial charge in [0, 0.05) is 65.0 Å². The van der Waals surface area contributed by atoms with E-state index in [9.17, 15) is 0 Å². The first kappa shape index (κ1) is 25.7. The Bertz CT molecular complexity index is 2230. The highest BCUT2D eigenvalue weighted by Crippen LogP contribution is 2.45. The van der Waals surface area contributed by atoms with Crippen LogP contribution in [0.2, 0.25) is 0 Å². The van der Waals surface area contributed by atoms with E-state index in [0.29, 0.717) is 0 Å². The van der Waals surface area contributed by atoms with Gasteiger partial charge in [-0.3, -0.25) is 19.9 Å². The van der Waals surface area contributed by atoms with Crippen LogP contribution in [0.25, 0.3) is 77.4 Å². The van der Waals surface area contributed by atoms with E-state index in [1.165, 1.54) is 10.8 Å². The molecule has 0 saturated carbocycles. The van der Waals surface area contributed by atoms with Crippen molar-refractivity contribution in [2.24, 2.45) is 0 Å². The monoisotopic (exact) mass is 562 g/mol. The number of hydrogen-bond acceptors (Lipinski definition) is 4. The van der Waals surface area contributed by atoms with Gasteiger partial charge in [-0.15, -0.1) is 0 Å².